The van der Waals surface area contributed by atoms with E-state index in [2.05, 4.69) is 0 Å². The van der Waals surface area contributed by atoms with Crippen LogP contribution in [0.2, 0.25) is 0 Å². The quantitative estimate of drug-likeness (QED) is 0.721. The summed E-state index contributed by atoms with van der Waals surface area (Å²) in [5, 5.41) is 0. The van der Waals surface area contributed by atoms with Crippen molar-refractivity contribution in [1.29, 1.82) is 0 Å². The first kappa shape index (κ1) is 11.0. The van der Waals surface area contributed by atoms with Gasteiger partial charge in [0.1, 0.15) is 0 Å². The molecule has 0 radical (unpaired) electrons. The van der Waals surface area contributed by atoms with Gasteiger partial charge in [0.2, 0.25) is 0 Å². The largest absolute Gasteiger partial charge is 0.251 e. The van der Waals surface area contributed by atoms with Gasteiger partial charge in [-0.1, -0.05) is 40.9 Å². The lowest BCUT2D eigenvalue weighted by atomic mass is 10.2. The van der Waals surface area contributed by atoms with Gasteiger partial charge in [0, 0.05) is 4.90 Å². The number of rotatable bonds is 2. The Morgan fingerprint density at radius 2 is 1.69 bits per heavy atom. The molecule has 1 aromatic rings. The highest BCUT2D eigenvalue weighted by Crippen LogP contribution is 2.29. The zero-order valence-corrected chi connectivity index (χ0v) is 9.71. The van der Waals surface area contributed by atoms with Crippen LogP contribution in [0.5, 0.6) is 0 Å². The summed E-state index contributed by atoms with van der Waals surface area (Å²) in [5.74, 6) is 0. The first-order valence-electron chi connectivity index (χ1n) is 3.77. The van der Waals surface area contributed by atoms with Crippen molar-refractivity contribution in [2.45, 2.75) is 22.4 Å². The van der Waals surface area contributed by atoms with Gasteiger partial charge in [-0.05, 0) is 26.0 Å². The second-order valence-corrected chi connectivity index (χ2v) is 6.87. The monoisotopic (exact) mass is 236 g/mol. The van der Waals surface area contributed by atoms with Crippen LogP contribution >= 0.6 is 23.2 Å². The van der Waals surface area contributed by atoms with E-state index in [-0.39, 0.29) is 0 Å². The summed E-state index contributed by atoms with van der Waals surface area (Å²) < 4.78 is 10.4. The number of hydrogen-bond donors (Lipinski definition) is 0. The van der Waals surface area contributed by atoms with Crippen LogP contribution in [-0.4, -0.2) is 7.87 Å². The van der Waals surface area contributed by atoms with Crippen molar-refractivity contribution in [2.24, 2.45) is 0 Å². The molecule has 0 spiro atoms. The SMILES string of the molecule is Cc1ccc([S@@](=O)C(C)(Cl)Cl)cc1. The second-order valence-electron chi connectivity index (χ2n) is 2.89. The molecule has 0 N–H and O–H groups in total. The molecule has 0 unspecified atom stereocenters. The molecule has 0 amide bonds. The first-order valence-corrected chi connectivity index (χ1v) is 5.68. The molecule has 0 aliphatic carbocycles. The zero-order chi connectivity index (χ0) is 10.1. The third-order valence-electron chi connectivity index (χ3n) is 1.56. The average Bonchev–Trinajstić information content (AvgIpc) is 2.03. The highest BCUT2D eigenvalue weighted by molar-refractivity contribution is 7.89. The highest BCUT2D eigenvalue weighted by Gasteiger charge is 2.26. The average molecular weight is 237 g/mol. The van der Waals surface area contributed by atoms with E-state index in [1.165, 1.54) is 6.92 Å². The smallest absolute Gasteiger partial charge is 0.193 e. The fourth-order valence-electron chi connectivity index (χ4n) is 0.869. The van der Waals surface area contributed by atoms with Gasteiger partial charge >= 0.3 is 0 Å². The predicted octanol–water partition coefficient (Wildman–Crippen LogP) is 3.25. The van der Waals surface area contributed by atoms with E-state index < -0.39 is 14.5 Å². The first-order chi connectivity index (χ1) is 5.91. The molecule has 4 heteroatoms. The van der Waals surface area contributed by atoms with Gasteiger partial charge in [-0.25, -0.2) is 0 Å². The molecule has 0 saturated carbocycles. The zero-order valence-electron chi connectivity index (χ0n) is 7.38. The Bertz CT molecular complexity index is 313. The van der Waals surface area contributed by atoms with E-state index in [4.69, 9.17) is 23.2 Å². The van der Waals surface area contributed by atoms with Crippen LogP contribution in [0.1, 0.15) is 12.5 Å². The molecular formula is C9H10Cl2OS. The maximum absolute atomic E-state index is 11.6. The minimum atomic E-state index is -1.38. The van der Waals surface area contributed by atoms with Gasteiger partial charge in [-0.3, -0.25) is 4.21 Å². The summed E-state index contributed by atoms with van der Waals surface area (Å²) in [6.07, 6.45) is 0. The highest BCUT2D eigenvalue weighted by atomic mass is 35.5. The third-order valence-corrected chi connectivity index (χ3v) is 3.75. The number of hydrogen-bond acceptors (Lipinski definition) is 1. The number of alkyl halides is 2. The molecule has 0 saturated heterocycles. The van der Waals surface area contributed by atoms with E-state index in [0.717, 1.165) is 5.56 Å². The van der Waals surface area contributed by atoms with Crippen molar-refractivity contribution in [3.8, 4) is 0 Å². The molecule has 0 aliphatic rings. The molecule has 0 aromatic heterocycles. The Labute approximate surface area is 90.5 Å². The van der Waals surface area contributed by atoms with Gasteiger partial charge in [0.15, 0.2) is 3.67 Å². The summed E-state index contributed by atoms with van der Waals surface area (Å²) in [4.78, 5) is 0.651. The molecule has 0 bridgehead atoms. The van der Waals surface area contributed by atoms with Gasteiger partial charge in [-0.15, -0.1) is 0 Å². The summed E-state index contributed by atoms with van der Waals surface area (Å²) in [7, 11) is -1.38. The lowest BCUT2D eigenvalue weighted by Crippen LogP contribution is -2.14. The minimum absolute atomic E-state index is 0.651. The topological polar surface area (TPSA) is 17.1 Å². The second kappa shape index (κ2) is 3.99. The van der Waals surface area contributed by atoms with Crippen LogP contribution in [0.4, 0.5) is 0 Å². The standard InChI is InChI=1S/C9H10Cl2OS/c1-7-3-5-8(6-4-7)13(12)9(2,10)11/h3-6H,1-2H3/t13-/m1/s1. The Balaban J connectivity index is 2.97. The van der Waals surface area contributed by atoms with Crippen molar-refractivity contribution in [3.05, 3.63) is 29.8 Å². The summed E-state index contributed by atoms with van der Waals surface area (Å²) >= 11 is 11.4. The summed E-state index contributed by atoms with van der Waals surface area (Å²) in [6.45, 7) is 3.49. The molecule has 13 heavy (non-hydrogen) atoms. The van der Waals surface area contributed by atoms with Crippen LogP contribution in [0.15, 0.2) is 29.2 Å². The number of aryl methyl sites for hydroxylation is 1. The van der Waals surface area contributed by atoms with Crippen molar-refractivity contribution in [1.82, 2.24) is 0 Å². The van der Waals surface area contributed by atoms with E-state index in [0.29, 0.717) is 4.90 Å². The molecule has 0 fully saturated rings. The fraction of sp³-hybridized carbons (Fsp3) is 0.333. The van der Waals surface area contributed by atoms with E-state index in [1.54, 1.807) is 12.1 Å². The van der Waals surface area contributed by atoms with Crippen molar-refractivity contribution in [2.75, 3.05) is 0 Å². The van der Waals surface area contributed by atoms with Crippen LogP contribution < -0.4 is 0 Å². The lowest BCUT2D eigenvalue weighted by molar-refractivity contribution is 0.679. The van der Waals surface area contributed by atoms with Crippen LogP contribution in [0.3, 0.4) is 0 Å². The molecule has 1 rings (SSSR count). The summed E-state index contributed by atoms with van der Waals surface area (Å²) in [6, 6.07) is 7.31. The molecular weight excluding hydrogens is 227 g/mol. The van der Waals surface area contributed by atoms with Crippen LogP contribution in [-0.2, 0) is 10.8 Å². The Kier molecular flexibility index (Phi) is 3.38. The Morgan fingerprint density at radius 1 is 1.23 bits per heavy atom. The minimum Gasteiger partial charge on any atom is -0.251 e. The van der Waals surface area contributed by atoms with Crippen molar-refractivity contribution in [3.63, 3.8) is 0 Å². The Hall–Kier alpha value is -0.0500. The molecule has 0 heterocycles. The third kappa shape index (κ3) is 2.97. The van der Waals surface area contributed by atoms with Gasteiger partial charge in [0.25, 0.3) is 0 Å². The van der Waals surface area contributed by atoms with E-state index in [9.17, 15) is 4.21 Å². The molecule has 0 aliphatic heterocycles. The number of halogens is 2. The van der Waals surface area contributed by atoms with Crippen molar-refractivity contribution >= 4 is 34.0 Å². The van der Waals surface area contributed by atoms with Crippen LogP contribution in [0, 0.1) is 6.92 Å². The van der Waals surface area contributed by atoms with Gasteiger partial charge in [-0.2, -0.15) is 0 Å². The lowest BCUT2D eigenvalue weighted by Gasteiger charge is -2.12. The van der Waals surface area contributed by atoms with Crippen molar-refractivity contribution < 1.29 is 4.21 Å². The van der Waals surface area contributed by atoms with Gasteiger partial charge < -0.3 is 0 Å². The maximum Gasteiger partial charge on any atom is 0.193 e. The number of benzene rings is 1. The molecule has 72 valence electrons. The van der Waals surface area contributed by atoms with Crippen LogP contribution in [0.25, 0.3) is 0 Å². The molecule has 1 aromatic carbocycles. The molecule has 1 nitrogen and oxygen atoms in total. The van der Waals surface area contributed by atoms with E-state index >= 15 is 0 Å². The fourth-order valence-corrected chi connectivity index (χ4v) is 2.20. The summed E-state index contributed by atoms with van der Waals surface area (Å²) in [5.41, 5.74) is 1.12. The van der Waals surface area contributed by atoms with Gasteiger partial charge in [0.05, 0.1) is 10.8 Å². The predicted molar refractivity (Wildman–Crippen MR) is 57.7 cm³/mol. The van der Waals surface area contributed by atoms with E-state index in [1.807, 2.05) is 19.1 Å². The Morgan fingerprint density at radius 3 is 2.08 bits per heavy atom. The molecule has 1 atom stereocenters. The normalized spacial score (nSPS) is 14.2. The maximum atomic E-state index is 11.6.